The fourth-order valence-electron chi connectivity index (χ4n) is 2.96. The molecule has 3 rings (SSSR count). The fourth-order valence-corrected chi connectivity index (χ4v) is 2.96. The highest BCUT2D eigenvalue weighted by Crippen LogP contribution is 2.41. The minimum absolute atomic E-state index is 0.0695. The Morgan fingerprint density at radius 3 is 2.47 bits per heavy atom. The second kappa shape index (κ2) is 4.80. The Hall–Kier alpha value is -1.64. The SMILES string of the molecule is Cc1ccc(C(N)[C@@H]2Cc3ccccc3[C@@H]2O)cc1. The van der Waals surface area contributed by atoms with E-state index >= 15 is 0 Å². The van der Waals surface area contributed by atoms with Gasteiger partial charge in [-0.1, -0.05) is 54.1 Å². The second-order valence-electron chi connectivity index (χ2n) is 5.45. The van der Waals surface area contributed by atoms with Crippen molar-refractivity contribution in [2.45, 2.75) is 25.5 Å². The lowest BCUT2D eigenvalue weighted by molar-refractivity contribution is 0.108. The van der Waals surface area contributed by atoms with Crippen LogP contribution >= 0.6 is 0 Å². The first-order valence-corrected chi connectivity index (χ1v) is 6.75. The van der Waals surface area contributed by atoms with Gasteiger partial charge < -0.3 is 10.8 Å². The van der Waals surface area contributed by atoms with Crippen molar-refractivity contribution in [2.75, 3.05) is 0 Å². The number of aliphatic hydroxyl groups is 1. The third-order valence-corrected chi connectivity index (χ3v) is 4.16. The number of benzene rings is 2. The van der Waals surface area contributed by atoms with Gasteiger partial charge in [-0.15, -0.1) is 0 Å². The molecule has 0 saturated heterocycles. The number of fused-ring (bicyclic) bond motifs is 1. The molecule has 1 unspecified atom stereocenters. The van der Waals surface area contributed by atoms with Crippen LogP contribution in [0, 0.1) is 12.8 Å². The van der Waals surface area contributed by atoms with E-state index in [1.165, 1.54) is 11.1 Å². The molecule has 0 amide bonds. The molecule has 0 aromatic heterocycles. The van der Waals surface area contributed by atoms with Gasteiger partial charge in [0.15, 0.2) is 0 Å². The Balaban J connectivity index is 1.87. The van der Waals surface area contributed by atoms with Gasteiger partial charge in [0, 0.05) is 12.0 Å². The van der Waals surface area contributed by atoms with Crippen LogP contribution in [0.5, 0.6) is 0 Å². The molecule has 19 heavy (non-hydrogen) atoms. The molecule has 3 atom stereocenters. The highest BCUT2D eigenvalue weighted by molar-refractivity contribution is 5.36. The van der Waals surface area contributed by atoms with Crippen molar-refractivity contribution in [2.24, 2.45) is 11.7 Å². The van der Waals surface area contributed by atoms with E-state index in [9.17, 15) is 5.11 Å². The van der Waals surface area contributed by atoms with Crippen LogP contribution in [-0.4, -0.2) is 5.11 Å². The summed E-state index contributed by atoms with van der Waals surface area (Å²) in [6, 6.07) is 16.2. The van der Waals surface area contributed by atoms with Crippen molar-refractivity contribution in [3.63, 3.8) is 0 Å². The summed E-state index contributed by atoms with van der Waals surface area (Å²) in [4.78, 5) is 0. The van der Waals surface area contributed by atoms with Gasteiger partial charge in [-0.05, 0) is 30.0 Å². The number of hydrogen-bond donors (Lipinski definition) is 2. The third kappa shape index (κ3) is 2.18. The van der Waals surface area contributed by atoms with Crippen molar-refractivity contribution in [1.82, 2.24) is 0 Å². The summed E-state index contributed by atoms with van der Waals surface area (Å²) in [5.74, 6) is 0.0695. The highest BCUT2D eigenvalue weighted by Gasteiger charge is 2.35. The zero-order valence-electron chi connectivity index (χ0n) is 11.1. The average Bonchev–Trinajstić information content (AvgIpc) is 2.77. The van der Waals surface area contributed by atoms with Gasteiger partial charge in [0.2, 0.25) is 0 Å². The van der Waals surface area contributed by atoms with Crippen molar-refractivity contribution in [1.29, 1.82) is 0 Å². The van der Waals surface area contributed by atoms with Crippen LogP contribution in [-0.2, 0) is 6.42 Å². The van der Waals surface area contributed by atoms with E-state index in [0.29, 0.717) is 0 Å². The lowest BCUT2D eigenvalue weighted by Crippen LogP contribution is -2.24. The molecule has 0 spiro atoms. The standard InChI is InChI=1S/C17H19NO/c1-11-6-8-12(9-7-11)16(18)15-10-13-4-2-3-5-14(13)17(15)19/h2-9,15-17,19H,10,18H2,1H3/t15-,16?,17-/m0/s1. The minimum atomic E-state index is -0.451. The molecule has 2 heteroatoms. The van der Waals surface area contributed by atoms with Gasteiger partial charge >= 0.3 is 0 Å². The second-order valence-corrected chi connectivity index (χ2v) is 5.45. The number of aryl methyl sites for hydroxylation is 1. The van der Waals surface area contributed by atoms with Crippen molar-refractivity contribution in [3.05, 3.63) is 70.8 Å². The molecule has 0 fully saturated rings. The first-order chi connectivity index (χ1) is 9.16. The van der Waals surface area contributed by atoms with Crippen LogP contribution in [0.1, 0.15) is 34.4 Å². The minimum Gasteiger partial charge on any atom is -0.388 e. The van der Waals surface area contributed by atoms with Gasteiger partial charge in [-0.3, -0.25) is 0 Å². The monoisotopic (exact) mass is 253 g/mol. The molecular formula is C17H19NO. The van der Waals surface area contributed by atoms with E-state index < -0.39 is 6.10 Å². The quantitative estimate of drug-likeness (QED) is 0.864. The molecule has 1 aliphatic rings. The summed E-state index contributed by atoms with van der Waals surface area (Å²) < 4.78 is 0. The zero-order chi connectivity index (χ0) is 13.4. The van der Waals surface area contributed by atoms with Gasteiger partial charge in [0.25, 0.3) is 0 Å². The number of hydrogen-bond acceptors (Lipinski definition) is 2. The first kappa shape index (κ1) is 12.4. The summed E-state index contributed by atoms with van der Waals surface area (Å²) in [5.41, 5.74) is 10.9. The molecular weight excluding hydrogens is 234 g/mol. The van der Waals surface area contributed by atoms with Gasteiger partial charge in [0.05, 0.1) is 6.10 Å². The maximum absolute atomic E-state index is 10.4. The van der Waals surface area contributed by atoms with Crippen LogP contribution in [0.2, 0.25) is 0 Å². The lowest BCUT2D eigenvalue weighted by atomic mass is 9.89. The Morgan fingerprint density at radius 1 is 1.11 bits per heavy atom. The molecule has 0 saturated carbocycles. The van der Waals surface area contributed by atoms with E-state index in [2.05, 4.69) is 37.3 Å². The number of aliphatic hydroxyl groups excluding tert-OH is 1. The highest BCUT2D eigenvalue weighted by atomic mass is 16.3. The topological polar surface area (TPSA) is 46.2 Å². The van der Waals surface area contributed by atoms with Crippen molar-refractivity contribution >= 4 is 0 Å². The smallest absolute Gasteiger partial charge is 0.0842 e. The molecule has 0 bridgehead atoms. The molecule has 2 aromatic carbocycles. The van der Waals surface area contributed by atoms with Crippen molar-refractivity contribution in [3.8, 4) is 0 Å². The first-order valence-electron chi connectivity index (χ1n) is 6.75. The van der Waals surface area contributed by atoms with Crippen LogP contribution < -0.4 is 5.73 Å². The Kier molecular flexibility index (Phi) is 3.13. The van der Waals surface area contributed by atoms with Crippen LogP contribution in [0.4, 0.5) is 0 Å². The molecule has 98 valence electrons. The molecule has 2 aromatic rings. The molecule has 2 nitrogen and oxygen atoms in total. The van der Waals surface area contributed by atoms with Gasteiger partial charge in [-0.2, -0.15) is 0 Å². The lowest BCUT2D eigenvalue weighted by Gasteiger charge is -2.23. The maximum Gasteiger partial charge on any atom is 0.0842 e. The fraction of sp³-hybridized carbons (Fsp3) is 0.294. The molecule has 0 radical (unpaired) electrons. The summed E-state index contributed by atoms with van der Waals surface area (Å²) in [6.45, 7) is 2.07. The Morgan fingerprint density at radius 2 is 1.79 bits per heavy atom. The summed E-state index contributed by atoms with van der Waals surface area (Å²) >= 11 is 0. The van der Waals surface area contributed by atoms with Crippen LogP contribution in [0.15, 0.2) is 48.5 Å². The molecule has 0 heterocycles. The van der Waals surface area contributed by atoms with E-state index in [-0.39, 0.29) is 12.0 Å². The summed E-state index contributed by atoms with van der Waals surface area (Å²) in [6.07, 6.45) is 0.402. The number of nitrogens with two attached hydrogens (primary N) is 1. The third-order valence-electron chi connectivity index (χ3n) is 4.16. The van der Waals surface area contributed by atoms with Crippen LogP contribution in [0.25, 0.3) is 0 Å². The largest absolute Gasteiger partial charge is 0.388 e. The van der Waals surface area contributed by atoms with Crippen molar-refractivity contribution < 1.29 is 5.11 Å². The number of rotatable bonds is 2. The predicted octanol–water partition coefficient (Wildman–Crippen LogP) is 2.90. The van der Waals surface area contributed by atoms with E-state index in [1.54, 1.807) is 0 Å². The molecule has 1 aliphatic carbocycles. The summed E-state index contributed by atoms with van der Waals surface area (Å²) in [5, 5.41) is 10.4. The predicted molar refractivity (Wildman–Crippen MR) is 76.7 cm³/mol. The normalized spacial score (nSPS) is 23.1. The zero-order valence-corrected chi connectivity index (χ0v) is 11.1. The van der Waals surface area contributed by atoms with Gasteiger partial charge in [0.1, 0.15) is 0 Å². The van der Waals surface area contributed by atoms with Crippen LogP contribution in [0.3, 0.4) is 0 Å². The Labute approximate surface area is 113 Å². The van der Waals surface area contributed by atoms with E-state index in [1.807, 2.05) is 18.2 Å². The van der Waals surface area contributed by atoms with E-state index in [0.717, 1.165) is 17.5 Å². The maximum atomic E-state index is 10.4. The Bertz CT molecular complexity index is 576. The average molecular weight is 253 g/mol. The molecule has 3 N–H and O–H groups in total. The summed E-state index contributed by atoms with van der Waals surface area (Å²) in [7, 11) is 0. The van der Waals surface area contributed by atoms with Gasteiger partial charge in [-0.25, -0.2) is 0 Å². The molecule has 0 aliphatic heterocycles. The van der Waals surface area contributed by atoms with E-state index in [4.69, 9.17) is 5.73 Å².